The van der Waals surface area contributed by atoms with Crippen LogP contribution in [0.15, 0.2) is 78.9 Å². The van der Waals surface area contributed by atoms with E-state index < -0.39 is 0 Å². The lowest BCUT2D eigenvalue weighted by Gasteiger charge is -2.11. The topological polar surface area (TPSA) is 48.4 Å². The molecule has 1 heterocycles. The number of rotatable bonds is 5. The molecule has 0 aliphatic carbocycles. The van der Waals surface area contributed by atoms with Gasteiger partial charge in [0.2, 0.25) is 0 Å². The number of hydrogen-bond acceptors (Lipinski definition) is 4. The molecule has 3 aromatic carbocycles. The van der Waals surface area contributed by atoms with Crippen molar-refractivity contribution in [1.29, 1.82) is 0 Å². The van der Waals surface area contributed by atoms with E-state index >= 15 is 0 Å². The number of aromatic nitrogens is 1. The molecule has 0 aliphatic heterocycles. The number of esters is 1. The van der Waals surface area contributed by atoms with Crippen LogP contribution in [0.4, 0.5) is 0 Å². The number of methoxy groups -OCH3 is 1. The van der Waals surface area contributed by atoms with Gasteiger partial charge in [-0.05, 0) is 55.0 Å². The standard InChI is InChI=1S/C25H21NO3/c1-17-8-13-23-21(14-17)22(25(27)29-16-18-6-4-3-5-7-18)15-24(26-23)19-9-11-20(28-2)12-10-19/h3-15H,16H2,1-2H3. The molecule has 4 heteroatoms. The normalized spacial score (nSPS) is 10.7. The summed E-state index contributed by atoms with van der Waals surface area (Å²) in [4.78, 5) is 17.7. The lowest BCUT2D eigenvalue weighted by Crippen LogP contribution is -2.07. The minimum atomic E-state index is -0.360. The van der Waals surface area contributed by atoms with Crippen molar-refractivity contribution in [3.8, 4) is 17.0 Å². The quantitative estimate of drug-likeness (QED) is 0.422. The number of benzene rings is 3. The Morgan fingerprint density at radius 3 is 2.41 bits per heavy atom. The van der Waals surface area contributed by atoms with Crippen LogP contribution in [0.25, 0.3) is 22.2 Å². The Morgan fingerprint density at radius 1 is 0.931 bits per heavy atom. The van der Waals surface area contributed by atoms with E-state index in [1.54, 1.807) is 13.2 Å². The summed E-state index contributed by atoms with van der Waals surface area (Å²) in [5, 5.41) is 0.792. The van der Waals surface area contributed by atoms with Gasteiger partial charge in [0.25, 0.3) is 0 Å². The molecule has 0 saturated carbocycles. The lowest BCUT2D eigenvalue weighted by molar-refractivity contribution is 0.0475. The second kappa shape index (κ2) is 8.15. The Bertz CT molecular complexity index is 1150. The molecule has 1 aromatic heterocycles. The van der Waals surface area contributed by atoms with Crippen LogP contribution < -0.4 is 4.74 Å². The molecular formula is C25H21NO3. The second-order valence-corrected chi connectivity index (χ2v) is 6.87. The number of aryl methyl sites for hydroxylation is 1. The summed E-state index contributed by atoms with van der Waals surface area (Å²) in [6.07, 6.45) is 0. The number of carbonyl (C=O) groups excluding carboxylic acids is 1. The fourth-order valence-corrected chi connectivity index (χ4v) is 3.22. The molecule has 29 heavy (non-hydrogen) atoms. The maximum absolute atomic E-state index is 13.0. The zero-order valence-electron chi connectivity index (χ0n) is 16.4. The number of fused-ring (bicyclic) bond motifs is 1. The first-order valence-electron chi connectivity index (χ1n) is 9.41. The minimum Gasteiger partial charge on any atom is -0.497 e. The van der Waals surface area contributed by atoms with Crippen LogP contribution >= 0.6 is 0 Å². The summed E-state index contributed by atoms with van der Waals surface area (Å²) in [6.45, 7) is 2.23. The average Bonchev–Trinajstić information content (AvgIpc) is 2.77. The van der Waals surface area contributed by atoms with E-state index in [4.69, 9.17) is 14.5 Å². The van der Waals surface area contributed by atoms with Gasteiger partial charge in [0, 0.05) is 10.9 Å². The molecule has 4 nitrogen and oxygen atoms in total. The molecule has 0 unspecified atom stereocenters. The van der Waals surface area contributed by atoms with E-state index in [0.29, 0.717) is 5.56 Å². The maximum Gasteiger partial charge on any atom is 0.339 e. The third kappa shape index (κ3) is 4.11. The number of hydrogen-bond donors (Lipinski definition) is 0. The summed E-state index contributed by atoms with van der Waals surface area (Å²) in [7, 11) is 1.63. The number of pyridine rings is 1. The molecule has 4 rings (SSSR count). The van der Waals surface area contributed by atoms with Gasteiger partial charge in [0.15, 0.2) is 0 Å². The van der Waals surface area contributed by atoms with Crippen LogP contribution in [0.3, 0.4) is 0 Å². The van der Waals surface area contributed by atoms with E-state index in [0.717, 1.165) is 39.0 Å². The molecule has 0 saturated heterocycles. The molecule has 4 aromatic rings. The Labute approximate surface area is 169 Å². The molecule has 0 amide bonds. The Morgan fingerprint density at radius 2 is 1.69 bits per heavy atom. The summed E-state index contributed by atoms with van der Waals surface area (Å²) in [5.74, 6) is 0.411. The number of carbonyl (C=O) groups is 1. The van der Waals surface area contributed by atoms with E-state index in [1.165, 1.54) is 0 Å². The van der Waals surface area contributed by atoms with Crippen LogP contribution in [0, 0.1) is 6.92 Å². The van der Waals surface area contributed by atoms with Gasteiger partial charge in [-0.3, -0.25) is 0 Å². The van der Waals surface area contributed by atoms with Gasteiger partial charge in [0.05, 0.1) is 23.9 Å². The van der Waals surface area contributed by atoms with Crippen LogP contribution in [-0.4, -0.2) is 18.1 Å². The minimum absolute atomic E-state index is 0.229. The van der Waals surface area contributed by atoms with Crippen molar-refractivity contribution in [2.45, 2.75) is 13.5 Å². The first-order valence-corrected chi connectivity index (χ1v) is 9.41. The zero-order chi connectivity index (χ0) is 20.2. The van der Waals surface area contributed by atoms with Gasteiger partial charge in [-0.25, -0.2) is 9.78 Å². The zero-order valence-corrected chi connectivity index (χ0v) is 16.4. The fourth-order valence-electron chi connectivity index (χ4n) is 3.22. The van der Waals surface area contributed by atoms with Crippen molar-refractivity contribution < 1.29 is 14.3 Å². The van der Waals surface area contributed by atoms with Crippen molar-refractivity contribution >= 4 is 16.9 Å². The summed E-state index contributed by atoms with van der Waals surface area (Å²) in [5.41, 5.74) is 4.91. The molecule has 0 aliphatic rings. The molecule has 144 valence electrons. The molecule has 0 bridgehead atoms. The van der Waals surface area contributed by atoms with Crippen molar-refractivity contribution in [2.24, 2.45) is 0 Å². The summed E-state index contributed by atoms with van der Waals surface area (Å²) >= 11 is 0. The van der Waals surface area contributed by atoms with Gasteiger partial charge in [-0.2, -0.15) is 0 Å². The maximum atomic E-state index is 13.0. The smallest absolute Gasteiger partial charge is 0.339 e. The average molecular weight is 383 g/mol. The monoisotopic (exact) mass is 383 g/mol. The third-order valence-corrected chi connectivity index (χ3v) is 4.78. The summed E-state index contributed by atoms with van der Waals surface area (Å²) in [6, 6.07) is 25.0. The third-order valence-electron chi connectivity index (χ3n) is 4.78. The Kier molecular flexibility index (Phi) is 5.25. The molecule has 0 fully saturated rings. The highest BCUT2D eigenvalue weighted by molar-refractivity contribution is 6.04. The van der Waals surface area contributed by atoms with Crippen molar-refractivity contribution in [1.82, 2.24) is 4.98 Å². The molecule has 0 N–H and O–H groups in total. The SMILES string of the molecule is COc1ccc(-c2cc(C(=O)OCc3ccccc3)c3cc(C)ccc3n2)cc1. The van der Waals surface area contributed by atoms with Gasteiger partial charge in [-0.15, -0.1) is 0 Å². The van der Waals surface area contributed by atoms with Crippen LogP contribution in [0.2, 0.25) is 0 Å². The number of ether oxygens (including phenoxy) is 2. The van der Waals surface area contributed by atoms with Crippen molar-refractivity contribution in [2.75, 3.05) is 7.11 Å². The second-order valence-electron chi connectivity index (χ2n) is 6.87. The highest BCUT2D eigenvalue weighted by Gasteiger charge is 2.16. The molecule has 0 atom stereocenters. The predicted molar refractivity (Wildman–Crippen MR) is 114 cm³/mol. The number of nitrogens with zero attached hydrogens (tertiary/aromatic N) is 1. The van der Waals surface area contributed by atoms with Gasteiger partial charge < -0.3 is 9.47 Å². The predicted octanol–water partition coefficient (Wildman–Crippen LogP) is 5.58. The van der Waals surface area contributed by atoms with E-state index in [2.05, 4.69) is 0 Å². The summed E-state index contributed by atoms with van der Waals surface area (Å²) < 4.78 is 10.8. The molecule has 0 spiro atoms. The fraction of sp³-hybridized carbons (Fsp3) is 0.120. The van der Waals surface area contributed by atoms with Crippen LogP contribution in [0.5, 0.6) is 5.75 Å². The Balaban J connectivity index is 1.73. The highest BCUT2D eigenvalue weighted by Crippen LogP contribution is 2.27. The first kappa shape index (κ1) is 18.7. The molecular weight excluding hydrogens is 362 g/mol. The van der Waals surface area contributed by atoms with E-state index in [-0.39, 0.29) is 12.6 Å². The van der Waals surface area contributed by atoms with Gasteiger partial charge in [0.1, 0.15) is 12.4 Å². The highest BCUT2D eigenvalue weighted by atomic mass is 16.5. The largest absolute Gasteiger partial charge is 0.497 e. The Hall–Kier alpha value is -3.66. The molecule has 0 radical (unpaired) electrons. The van der Waals surface area contributed by atoms with E-state index in [9.17, 15) is 4.79 Å². The first-order chi connectivity index (χ1) is 14.1. The van der Waals surface area contributed by atoms with Crippen LogP contribution in [0.1, 0.15) is 21.5 Å². The van der Waals surface area contributed by atoms with E-state index in [1.807, 2.05) is 79.7 Å². The van der Waals surface area contributed by atoms with Crippen molar-refractivity contribution in [3.05, 3.63) is 95.6 Å². The lowest BCUT2D eigenvalue weighted by atomic mass is 10.0. The van der Waals surface area contributed by atoms with Gasteiger partial charge >= 0.3 is 5.97 Å². The van der Waals surface area contributed by atoms with Crippen molar-refractivity contribution in [3.63, 3.8) is 0 Å². The van der Waals surface area contributed by atoms with Crippen LogP contribution in [-0.2, 0) is 11.3 Å². The van der Waals surface area contributed by atoms with Gasteiger partial charge in [-0.1, -0.05) is 42.0 Å².